The monoisotopic (exact) mass is 380 g/mol. The Morgan fingerprint density at radius 2 is 2.04 bits per heavy atom. The molecule has 0 radical (unpaired) electrons. The highest BCUT2D eigenvalue weighted by atomic mass is 35.5. The second kappa shape index (κ2) is 9.14. The van der Waals surface area contributed by atoms with Crippen LogP contribution in [0, 0.1) is 5.41 Å². The first-order chi connectivity index (χ1) is 11.7. The number of benzene rings is 1. The summed E-state index contributed by atoms with van der Waals surface area (Å²) in [5.41, 5.74) is 1.42. The number of hydrogen-bond donors (Lipinski definition) is 1. The van der Waals surface area contributed by atoms with Crippen molar-refractivity contribution in [3.8, 4) is 11.5 Å². The number of carbonyl (C=O) groups is 1. The van der Waals surface area contributed by atoms with Crippen LogP contribution in [0.2, 0.25) is 0 Å². The van der Waals surface area contributed by atoms with Crippen LogP contribution in [0.3, 0.4) is 0 Å². The quantitative estimate of drug-likeness (QED) is 0.831. The van der Waals surface area contributed by atoms with Gasteiger partial charge in [0.05, 0.1) is 0 Å². The second-order valence-corrected chi connectivity index (χ2v) is 7.71. The van der Waals surface area contributed by atoms with Crippen LogP contribution in [0.5, 0.6) is 0 Å². The van der Waals surface area contributed by atoms with Crippen molar-refractivity contribution in [2.75, 3.05) is 20.6 Å². The van der Waals surface area contributed by atoms with Gasteiger partial charge in [-0.05, 0) is 37.6 Å². The molecule has 26 heavy (non-hydrogen) atoms. The molecule has 6 nitrogen and oxygen atoms in total. The predicted molar refractivity (Wildman–Crippen MR) is 106 cm³/mol. The number of hydrogen-bond acceptors (Lipinski definition) is 5. The Bertz CT molecular complexity index is 724. The molecule has 1 N–H and O–H groups in total. The SMILES string of the molecule is CNC(C)Cc1noc(-c2cccc(C(=O)N(C)CC(C)(C)C)c2)n1.Cl. The molecule has 0 aliphatic rings. The fraction of sp³-hybridized carbons (Fsp3) is 0.526. The molecule has 0 bridgehead atoms. The zero-order valence-electron chi connectivity index (χ0n) is 16.4. The maximum atomic E-state index is 12.6. The lowest BCUT2D eigenvalue weighted by atomic mass is 9.96. The molecule has 0 fully saturated rings. The summed E-state index contributed by atoms with van der Waals surface area (Å²) in [6.07, 6.45) is 0.687. The molecule has 0 aliphatic heterocycles. The first-order valence-corrected chi connectivity index (χ1v) is 8.55. The molecule has 1 aromatic carbocycles. The Kier molecular flexibility index (Phi) is 7.78. The van der Waals surface area contributed by atoms with Crippen LogP contribution in [0.1, 0.15) is 43.9 Å². The number of carbonyl (C=O) groups excluding carboxylic acids is 1. The van der Waals surface area contributed by atoms with E-state index in [1.54, 1.807) is 11.0 Å². The Labute approximate surface area is 161 Å². The molecule has 0 spiro atoms. The van der Waals surface area contributed by atoms with Gasteiger partial charge in [-0.1, -0.05) is 32.0 Å². The van der Waals surface area contributed by atoms with E-state index >= 15 is 0 Å². The Morgan fingerprint density at radius 3 is 2.65 bits per heavy atom. The van der Waals surface area contributed by atoms with Gasteiger partial charge in [-0.15, -0.1) is 12.4 Å². The van der Waals surface area contributed by atoms with Crippen LogP contribution in [0.25, 0.3) is 11.5 Å². The first-order valence-electron chi connectivity index (χ1n) is 8.55. The lowest BCUT2D eigenvalue weighted by Crippen LogP contribution is -2.34. The Balaban J connectivity index is 0.00000338. The second-order valence-electron chi connectivity index (χ2n) is 7.71. The third-order valence-electron chi connectivity index (χ3n) is 3.86. The Hall–Kier alpha value is -1.92. The fourth-order valence-corrected chi connectivity index (χ4v) is 2.62. The highest BCUT2D eigenvalue weighted by Crippen LogP contribution is 2.21. The van der Waals surface area contributed by atoms with Gasteiger partial charge < -0.3 is 14.7 Å². The van der Waals surface area contributed by atoms with Gasteiger partial charge in [0.25, 0.3) is 11.8 Å². The summed E-state index contributed by atoms with van der Waals surface area (Å²) in [7, 11) is 3.72. The number of nitrogens with one attached hydrogen (secondary N) is 1. The van der Waals surface area contributed by atoms with Gasteiger partial charge in [0.1, 0.15) is 0 Å². The van der Waals surface area contributed by atoms with Crippen molar-refractivity contribution in [2.24, 2.45) is 5.41 Å². The topological polar surface area (TPSA) is 71.3 Å². The van der Waals surface area contributed by atoms with Crippen molar-refractivity contribution >= 4 is 18.3 Å². The third-order valence-corrected chi connectivity index (χ3v) is 3.86. The van der Waals surface area contributed by atoms with Crippen LogP contribution in [-0.4, -0.2) is 47.6 Å². The summed E-state index contributed by atoms with van der Waals surface area (Å²) in [5.74, 6) is 1.07. The smallest absolute Gasteiger partial charge is 0.257 e. The average Bonchev–Trinajstić information content (AvgIpc) is 3.01. The number of amides is 1. The summed E-state index contributed by atoms with van der Waals surface area (Å²) in [6.45, 7) is 9.07. The lowest BCUT2D eigenvalue weighted by molar-refractivity contribution is 0.0745. The van der Waals surface area contributed by atoms with Crippen LogP contribution in [-0.2, 0) is 6.42 Å². The van der Waals surface area contributed by atoms with Gasteiger partial charge >= 0.3 is 0 Å². The fourth-order valence-electron chi connectivity index (χ4n) is 2.62. The minimum absolute atomic E-state index is 0. The van der Waals surface area contributed by atoms with Crippen LogP contribution in [0.15, 0.2) is 28.8 Å². The first kappa shape index (κ1) is 22.1. The number of likely N-dealkylation sites (N-methyl/N-ethyl adjacent to an activating group) is 1. The summed E-state index contributed by atoms with van der Waals surface area (Å²) >= 11 is 0. The number of halogens is 1. The molecular weight excluding hydrogens is 352 g/mol. The normalized spacial score (nSPS) is 12.4. The van der Waals surface area contributed by atoms with E-state index in [4.69, 9.17) is 4.52 Å². The molecule has 2 aromatic rings. The largest absolute Gasteiger partial charge is 0.341 e. The van der Waals surface area contributed by atoms with Gasteiger partial charge in [0, 0.05) is 37.2 Å². The molecule has 1 aromatic heterocycles. The zero-order chi connectivity index (χ0) is 18.6. The molecule has 2 rings (SSSR count). The molecule has 0 saturated carbocycles. The van der Waals surface area contributed by atoms with Crippen LogP contribution >= 0.6 is 12.4 Å². The van der Waals surface area contributed by atoms with Gasteiger partial charge in [0.15, 0.2) is 5.82 Å². The van der Waals surface area contributed by atoms with Crippen molar-refractivity contribution < 1.29 is 9.32 Å². The van der Waals surface area contributed by atoms with Gasteiger partial charge in [-0.2, -0.15) is 4.98 Å². The molecule has 1 unspecified atom stereocenters. The molecule has 144 valence electrons. The molecule has 1 amide bonds. The summed E-state index contributed by atoms with van der Waals surface area (Å²) in [6, 6.07) is 7.60. The van der Waals surface area contributed by atoms with E-state index in [0.29, 0.717) is 30.2 Å². The number of rotatable bonds is 6. The molecule has 1 heterocycles. The van der Waals surface area contributed by atoms with E-state index in [1.807, 2.05) is 32.3 Å². The van der Waals surface area contributed by atoms with E-state index in [9.17, 15) is 4.79 Å². The van der Waals surface area contributed by atoms with Crippen LogP contribution in [0.4, 0.5) is 0 Å². The standard InChI is InChI=1S/C19H28N4O2.ClH/c1-13(20-5)10-16-21-17(25-22-16)14-8-7-9-15(11-14)18(24)23(6)12-19(2,3)4;/h7-9,11,13,20H,10,12H2,1-6H3;1H. The highest BCUT2D eigenvalue weighted by molar-refractivity contribution is 5.95. The zero-order valence-corrected chi connectivity index (χ0v) is 17.2. The molecule has 0 saturated heterocycles. The van der Waals surface area contributed by atoms with E-state index in [0.717, 1.165) is 5.56 Å². The van der Waals surface area contributed by atoms with Crippen molar-refractivity contribution in [1.82, 2.24) is 20.4 Å². The van der Waals surface area contributed by atoms with Crippen molar-refractivity contribution in [1.29, 1.82) is 0 Å². The van der Waals surface area contributed by atoms with E-state index < -0.39 is 0 Å². The average molecular weight is 381 g/mol. The van der Waals surface area contributed by atoms with Crippen molar-refractivity contribution in [3.05, 3.63) is 35.7 Å². The van der Waals surface area contributed by atoms with E-state index in [1.165, 1.54) is 0 Å². The maximum Gasteiger partial charge on any atom is 0.257 e. The van der Waals surface area contributed by atoms with Crippen molar-refractivity contribution in [2.45, 2.75) is 40.2 Å². The summed E-state index contributed by atoms with van der Waals surface area (Å²) in [4.78, 5) is 18.8. The van der Waals surface area contributed by atoms with Gasteiger partial charge in [-0.25, -0.2) is 0 Å². The summed E-state index contributed by atoms with van der Waals surface area (Å²) < 4.78 is 5.36. The minimum Gasteiger partial charge on any atom is -0.341 e. The molecular formula is C19H29ClN4O2. The van der Waals surface area contributed by atoms with Gasteiger partial charge in [0.2, 0.25) is 0 Å². The lowest BCUT2D eigenvalue weighted by Gasteiger charge is -2.26. The molecule has 1 atom stereocenters. The highest BCUT2D eigenvalue weighted by Gasteiger charge is 2.20. The van der Waals surface area contributed by atoms with Gasteiger partial charge in [-0.3, -0.25) is 4.79 Å². The number of nitrogens with zero attached hydrogens (tertiary/aromatic N) is 3. The minimum atomic E-state index is -0.0136. The Morgan fingerprint density at radius 1 is 1.35 bits per heavy atom. The summed E-state index contributed by atoms with van der Waals surface area (Å²) in [5, 5.41) is 7.16. The molecule has 0 aliphatic carbocycles. The van der Waals surface area contributed by atoms with E-state index in [-0.39, 0.29) is 29.8 Å². The molecule has 7 heteroatoms. The van der Waals surface area contributed by atoms with E-state index in [2.05, 4.69) is 43.2 Å². The van der Waals surface area contributed by atoms with Crippen LogP contribution < -0.4 is 5.32 Å². The predicted octanol–water partition coefficient (Wildman–Crippen LogP) is 3.43. The maximum absolute atomic E-state index is 12.6. The number of aromatic nitrogens is 2. The van der Waals surface area contributed by atoms with Crippen molar-refractivity contribution in [3.63, 3.8) is 0 Å². The third kappa shape index (κ3) is 6.11.